The second-order valence-corrected chi connectivity index (χ2v) is 20.9. The summed E-state index contributed by atoms with van der Waals surface area (Å²) in [5, 5.41) is 2.57. The third-order valence-corrected chi connectivity index (χ3v) is 17.5. The molecule has 2 nitrogen and oxygen atoms in total. The van der Waals surface area contributed by atoms with Crippen molar-refractivity contribution in [3.8, 4) is 56.2 Å². The first-order valence-electron chi connectivity index (χ1n) is 24.0. The van der Waals surface area contributed by atoms with Crippen molar-refractivity contribution >= 4 is 43.3 Å². The van der Waals surface area contributed by atoms with E-state index in [1.807, 2.05) is 23.1 Å². The lowest BCUT2D eigenvalue weighted by Gasteiger charge is -2.51. The molecule has 3 aliphatic rings. The Morgan fingerprint density at radius 3 is 1.46 bits per heavy atom. The first-order chi connectivity index (χ1) is 34.7. The molecule has 0 unspecified atom stereocenters. The SMILES string of the molecule is c1ccc(-c2cc(-c3ccc4c(c3)sc3ccccc34)nc(-c3ccc(-c4ccc5c(c4)C4(c6ccccc6S5)c5ccccc5C5(c6ccccc6-c6ccccc65)c5ccccc54)cc3)n2)cc1. The quantitative estimate of drug-likeness (QED) is 0.176. The maximum atomic E-state index is 5.29. The lowest BCUT2D eigenvalue weighted by Crippen LogP contribution is -2.45. The maximum absolute atomic E-state index is 5.29. The van der Waals surface area contributed by atoms with Crippen LogP contribution in [0.4, 0.5) is 0 Å². The smallest absolute Gasteiger partial charge is 0.160 e. The molecule has 12 aromatic rings. The molecule has 0 N–H and O–H groups in total. The summed E-state index contributed by atoms with van der Waals surface area (Å²) in [5.74, 6) is 0.705. The molecule has 2 spiro atoms. The molecule has 0 saturated heterocycles. The van der Waals surface area contributed by atoms with Gasteiger partial charge in [0.25, 0.3) is 0 Å². The molecule has 0 fully saturated rings. The fraction of sp³-hybridized carbons (Fsp3) is 0.0303. The molecule has 10 aromatic carbocycles. The Bertz CT molecular complexity index is 4020. The zero-order chi connectivity index (χ0) is 46.0. The van der Waals surface area contributed by atoms with Gasteiger partial charge in [-0.25, -0.2) is 9.97 Å². The normalized spacial score (nSPS) is 14.2. The molecule has 0 amide bonds. The molecule has 1 aliphatic heterocycles. The number of fused-ring (bicyclic) bond motifs is 18. The fourth-order valence-corrected chi connectivity index (χ4v) is 14.7. The van der Waals surface area contributed by atoms with Crippen LogP contribution in [0.25, 0.3) is 76.3 Å². The second kappa shape index (κ2) is 15.2. The summed E-state index contributed by atoms with van der Waals surface area (Å²) in [6.07, 6.45) is 0. The Morgan fingerprint density at radius 2 is 0.771 bits per heavy atom. The van der Waals surface area contributed by atoms with Crippen molar-refractivity contribution in [1.29, 1.82) is 0 Å². The van der Waals surface area contributed by atoms with E-state index in [0.29, 0.717) is 5.82 Å². The van der Waals surface area contributed by atoms with Crippen molar-refractivity contribution in [3.05, 3.63) is 287 Å². The van der Waals surface area contributed by atoms with E-state index in [0.717, 1.165) is 33.6 Å². The van der Waals surface area contributed by atoms with E-state index in [-0.39, 0.29) is 0 Å². The molecule has 15 rings (SSSR count). The predicted octanol–water partition coefficient (Wildman–Crippen LogP) is 17.0. The van der Waals surface area contributed by atoms with Crippen molar-refractivity contribution in [1.82, 2.24) is 9.97 Å². The van der Waals surface area contributed by atoms with Gasteiger partial charge in [-0.15, -0.1) is 11.3 Å². The molecule has 0 atom stereocenters. The van der Waals surface area contributed by atoms with E-state index in [9.17, 15) is 0 Å². The lowest BCUT2D eigenvalue weighted by atomic mass is 9.51. The number of thiophene rings is 1. The van der Waals surface area contributed by atoms with Crippen LogP contribution in [-0.4, -0.2) is 9.97 Å². The van der Waals surface area contributed by atoms with Crippen LogP contribution < -0.4 is 0 Å². The predicted molar refractivity (Wildman–Crippen MR) is 290 cm³/mol. The van der Waals surface area contributed by atoms with Gasteiger partial charge in [-0.2, -0.15) is 0 Å². The summed E-state index contributed by atoms with van der Waals surface area (Å²) < 4.78 is 2.55. The molecule has 326 valence electrons. The Balaban J connectivity index is 0.894. The van der Waals surface area contributed by atoms with Gasteiger partial charge >= 0.3 is 0 Å². The summed E-state index contributed by atoms with van der Waals surface area (Å²) in [4.78, 5) is 13.1. The lowest BCUT2D eigenvalue weighted by molar-refractivity contribution is 0.606. The van der Waals surface area contributed by atoms with Gasteiger partial charge < -0.3 is 0 Å². The van der Waals surface area contributed by atoms with Gasteiger partial charge in [-0.3, -0.25) is 0 Å². The molecular weight excluding hydrogens is 885 g/mol. The van der Waals surface area contributed by atoms with Crippen LogP contribution in [-0.2, 0) is 10.8 Å². The fourth-order valence-electron chi connectivity index (χ4n) is 12.4. The molecular formula is C66H40N2S2. The van der Waals surface area contributed by atoms with Crippen molar-refractivity contribution in [2.75, 3.05) is 0 Å². The Hall–Kier alpha value is -8.15. The zero-order valence-corrected chi connectivity index (χ0v) is 39.4. The van der Waals surface area contributed by atoms with Crippen molar-refractivity contribution in [3.63, 3.8) is 0 Å². The highest BCUT2D eigenvalue weighted by atomic mass is 32.2. The molecule has 2 aliphatic carbocycles. The van der Waals surface area contributed by atoms with Crippen LogP contribution >= 0.6 is 23.1 Å². The number of aromatic nitrogens is 2. The van der Waals surface area contributed by atoms with Gasteiger partial charge in [-0.05, 0) is 103 Å². The first-order valence-corrected chi connectivity index (χ1v) is 25.6. The van der Waals surface area contributed by atoms with E-state index in [1.54, 1.807) is 0 Å². The van der Waals surface area contributed by atoms with Crippen molar-refractivity contribution in [2.45, 2.75) is 20.6 Å². The van der Waals surface area contributed by atoms with E-state index in [2.05, 4.69) is 243 Å². The molecule has 4 heteroatoms. The van der Waals surface area contributed by atoms with Gasteiger partial charge in [-0.1, -0.05) is 218 Å². The topological polar surface area (TPSA) is 25.8 Å². The van der Waals surface area contributed by atoms with Crippen LogP contribution in [0, 0.1) is 0 Å². The summed E-state index contributed by atoms with van der Waals surface area (Å²) >= 11 is 3.72. The number of nitrogens with zero attached hydrogens (tertiary/aromatic N) is 2. The second-order valence-electron chi connectivity index (χ2n) is 18.7. The molecule has 70 heavy (non-hydrogen) atoms. The largest absolute Gasteiger partial charge is 0.228 e. The Kier molecular flexibility index (Phi) is 8.63. The zero-order valence-electron chi connectivity index (χ0n) is 37.8. The molecule has 2 aromatic heterocycles. The van der Waals surface area contributed by atoms with Gasteiger partial charge in [0.15, 0.2) is 5.82 Å². The average Bonchev–Trinajstić information content (AvgIpc) is 3.96. The first kappa shape index (κ1) is 39.8. The van der Waals surface area contributed by atoms with Crippen LogP contribution in [0.15, 0.2) is 252 Å². The third-order valence-electron chi connectivity index (χ3n) is 15.3. The Morgan fingerprint density at radius 1 is 0.286 bits per heavy atom. The highest BCUT2D eigenvalue weighted by Gasteiger charge is 2.58. The highest BCUT2D eigenvalue weighted by Crippen LogP contribution is 2.67. The van der Waals surface area contributed by atoms with E-state index in [4.69, 9.17) is 9.97 Å². The summed E-state index contributed by atoms with van der Waals surface area (Å²) in [6, 6.07) is 90.0. The monoisotopic (exact) mass is 924 g/mol. The average molecular weight is 925 g/mol. The minimum absolute atomic E-state index is 0.482. The van der Waals surface area contributed by atoms with Crippen LogP contribution in [0.3, 0.4) is 0 Å². The van der Waals surface area contributed by atoms with Gasteiger partial charge in [0.05, 0.1) is 22.2 Å². The molecule has 0 radical (unpaired) electrons. The summed E-state index contributed by atoms with van der Waals surface area (Å²) in [6.45, 7) is 0. The number of hydrogen-bond donors (Lipinski definition) is 0. The summed E-state index contributed by atoms with van der Waals surface area (Å²) in [5.41, 5.74) is 19.5. The van der Waals surface area contributed by atoms with E-state index >= 15 is 0 Å². The molecule has 3 heterocycles. The number of rotatable bonds is 4. The van der Waals surface area contributed by atoms with Crippen LogP contribution in [0.2, 0.25) is 0 Å². The van der Waals surface area contributed by atoms with Gasteiger partial charge in [0, 0.05) is 46.7 Å². The third kappa shape index (κ3) is 5.52. The van der Waals surface area contributed by atoms with Crippen molar-refractivity contribution < 1.29 is 0 Å². The van der Waals surface area contributed by atoms with E-state index in [1.165, 1.54) is 91.2 Å². The highest BCUT2D eigenvalue weighted by molar-refractivity contribution is 7.99. The van der Waals surface area contributed by atoms with E-state index < -0.39 is 10.8 Å². The molecule has 0 saturated carbocycles. The van der Waals surface area contributed by atoms with Crippen LogP contribution in [0.1, 0.15) is 44.5 Å². The van der Waals surface area contributed by atoms with Crippen molar-refractivity contribution in [2.24, 2.45) is 0 Å². The molecule has 0 bridgehead atoms. The summed E-state index contributed by atoms with van der Waals surface area (Å²) in [7, 11) is 0. The standard InChI is InChI=1S/C66H40N2S2/c1-2-16-42(17-3-1)58-40-59(45-34-36-49-48-20-6-14-28-60(48)69-63(49)39-45)68-64(67-58)43-32-30-41(31-33-43)44-35-37-62-57(38-44)66(56-27-13-15-29-61(56)70-62)54-25-11-9-23-52(54)65(53-24-10-12-26-55(53)66)50-21-7-4-18-46(50)47-19-5-8-22-51(47)65/h1-40H. The van der Waals surface area contributed by atoms with Gasteiger partial charge in [0.2, 0.25) is 0 Å². The van der Waals surface area contributed by atoms with Gasteiger partial charge in [0.1, 0.15) is 0 Å². The number of benzene rings is 10. The minimum atomic E-state index is -0.584. The number of hydrogen-bond acceptors (Lipinski definition) is 4. The maximum Gasteiger partial charge on any atom is 0.160 e. The Labute approximate surface area is 414 Å². The van der Waals surface area contributed by atoms with Crippen LogP contribution in [0.5, 0.6) is 0 Å². The minimum Gasteiger partial charge on any atom is -0.228 e.